The van der Waals surface area contributed by atoms with Crippen molar-refractivity contribution in [3.63, 3.8) is 0 Å². The summed E-state index contributed by atoms with van der Waals surface area (Å²) in [6.45, 7) is 2.61. The number of sulfonamides is 1. The van der Waals surface area contributed by atoms with Gasteiger partial charge < -0.3 is 5.32 Å². The highest BCUT2D eigenvalue weighted by molar-refractivity contribution is 7.92. The number of nitrogens with zero attached hydrogens (tertiary/aromatic N) is 1. The van der Waals surface area contributed by atoms with Crippen LogP contribution >= 0.6 is 0 Å². The summed E-state index contributed by atoms with van der Waals surface area (Å²) in [6.07, 6.45) is -3.87. The predicted molar refractivity (Wildman–Crippen MR) is 103 cm³/mol. The van der Waals surface area contributed by atoms with Gasteiger partial charge in [-0.25, -0.2) is 8.42 Å². The molecule has 156 valence electrons. The third-order valence-electron chi connectivity index (χ3n) is 4.05. The van der Waals surface area contributed by atoms with E-state index in [9.17, 15) is 31.2 Å². The van der Waals surface area contributed by atoms with E-state index in [-0.39, 0.29) is 17.2 Å². The molecule has 0 fully saturated rings. The molecule has 2 aromatic rings. The van der Waals surface area contributed by atoms with Gasteiger partial charge in [-0.1, -0.05) is 18.2 Å². The summed E-state index contributed by atoms with van der Waals surface area (Å²) in [7, 11) is -4.09. The van der Waals surface area contributed by atoms with Gasteiger partial charge in [0.1, 0.15) is 6.04 Å². The summed E-state index contributed by atoms with van der Waals surface area (Å²) in [4.78, 5) is 24.1. The van der Waals surface area contributed by atoms with E-state index >= 15 is 0 Å². The standard InChI is InChI=1S/C19H19F3N2O4S/c1-12(18(26)23-16-8-4-6-14(10-16)13(2)25)24(29(3,27)28)17-9-5-7-15(11-17)19(20,21)22/h4-12H,1-3H3,(H,23,26)/t12-/m1/s1. The zero-order valence-corrected chi connectivity index (χ0v) is 16.6. The number of ketones is 1. The molecule has 0 heterocycles. The van der Waals surface area contributed by atoms with Gasteiger partial charge in [0.15, 0.2) is 5.78 Å². The third-order valence-corrected chi connectivity index (χ3v) is 5.29. The molecule has 0 aliphatic carbocycles. The van der Waals surface area contributed by atoms with Gasteiger partial charge in [0, 0.05) is 11.3 Å². The van der Waals surface area contributed by atoms with E-state index in [1.807, 2.05) is 0 Å². The minimum Gasteiger partial charge on any atom is -0.324 e. The van der Waals surface area contributed by atoms with Gasteiger partial charge in [-0.3, -0.25) is 13.9 Å². The van der Waals surface area contributed by atoms with Crippen LogP contribution in [0.5, 0.6) is 0 Å². The van der Waals surface area contributed by atoms with Crippen molar-refractivity contribution in [2.75, 3.05) is 15.9 Å². The molecule has 0 unspecified atom stereocenters. The van der Waals surface area contributed by atoms with Crippen LogP contribution in [0.15, 0.2) is 48.5 Å². The molecule has 0 saturated heterocycles. The number of anilines is 2. The number of hydrogen-bond donors (Lipinski definition) is 1. The Bertz CT molecular complexity index is 1040. The zero-order chi connectivity index (χ0) is 22.0. The summed E-state index contributed by atoms with van der Waals surface area (Å²) in [5, 5.41) is 2.48. The molecule has 10 heteroatoms. The summed E-state index contributed by atoms with van der Waals surface area (Å²) >= 11 is 0. The molecule has 2 rings (SSSR count). The number of benzene rings is 2. The molecule has 2 aromatic carbocycles. The molecule has 1 amide bonds. The Hall–Kier alpha value is -2.88. The lowest BCUT2D eigenvalue weighted by Gasteiger charge is -2.28. The highest BCUT2D eigenvalue weighted by Gasteiger charge is 2.34. The Kier molecular flexibility index (Phi) is 6.37. The van der Waals surface area contributed by atoms with E-state index < -0.39 is 33.7 Å². The molecule has 0 aliphatic heterocycles. The normalized spacial score (nSPS) is 12.9. The fourth-order valence-electron chi connectivity index (χ4n) is 2.69. The summed E-state index contributed by atoms with van der Waals surface area (Å²) in [5.41, 5.74) is -0.728. The largest absolute Gasteiger partial charge is 0.416 e. The van der Waals surface area contributed by atoms with E-state index in [0.717, 1.165) is 18.4 Å². The molecule has 29 heavy (non-hydrogen) atoms. The van der Waals surface area contributed by atoms with Crippen molar-refractivity contribution < 1.29 is 31.2 Å². The van der Waals surface area contributed by atoms with Gasteiger partial charge in [-0.05, 0) is 44.2 Å². The maximum Gasteiger partial charge on any atom is 0.416 e. The van der Waals surface area contributed by atoms with Crippen LogP contribution in [0.3, 0.4) is 0 Å². The van der Waals surface area contributed by atoms with Crippen molar-refractivity contribution in [2.45, 2.75) is 26.1 Å². The second kappa shape index (κ2) is 8.24. The lowest BCUT2D eigenvalue weighted by atomic mass is 10.1. The summed E-state index contributed by atoms with van der Waals surface area (Å²) in [6, 6.07) is 8.38. The Morgan fingerprint density at radius 3 is 2.24 bits per heavy atom. The van der Waals surface area contributed by atoms with Crippen LogP contribution in [0.2, 0.25) is 0 Å². The molecule has 6 nitrogen and oxygen atoms in total. The fraction of sp³-hybridized carbons (Fsp3) is 0.263. The van der Waals surface area contributed by atoms with Crippen molar-refractivity contribution in [1.82, 2.24) is 0 Å². The average molecular weight is 428 g/mol. The number of nitrogens with one attached hydrogen (secondary N) is 1. The monoisotopic (exact) mass is 428 g/mol. The van der Waals surface area contributed by atoms with Crippen molar-refractivity contribution in [3.8, 4) is 0 Å². The van der Waals surface area contributed by atoms with E-state index in [1.54, 1.807) is 6.07 Å². The van der Waals surface area contributed by atoms with E-state index in [2.05, 4.69) is 5.32 Å². The topological polar surface area (TPSA) is 83.6 Å². The van der Waals surface area contributed by atoms with Crippen LogP contribution in [0, 0.1) is 0 Å². The van der Waals surface area contributed by atoms with Crippen molar-refractivity contribution in [3.05, 3.63) is 59.7 Å². The maximum absolute atomic E-state index is 13.0. The minimum absolute atomic E-state index is 0.226. The fourth-order valence-corrected chi connectivity index (χ4v) is 3.86. The van der Waals surface area contributed by atoms with Gasteiger partial charge in [-0.15, -0.1) is 0 Å². The van der Waals surface area contributed by atoms with Gasteiger partial charge >= 0.3 is 6.18 Å². The van der Waals surface area contributed by atoms with Gasteiger partial charge in [0.2, 0.25) is 15.9 Å². The zero-order valence-electron chi connectivity index (χ0n) is 15.8. The van der Waals surface area contributed by atoms with Crippen LogP contribution in [-0.4, -0.2) is 32.4 Å². The number of amides is 1. The van der Waals surface area contributed by atoms with Crippen molar-refractivity contribution >= 4 is 33.1 Å². The smallest absolute Gasteiger partial charge is 0.324 e. The first-order chi connectivity index (χ1) is 13.3. The number of Topliss-reactive ketones (excluding diaryl/α,β-unsaturated/α-hetero) is 1. The lowest BCUT2D eigenvalue weighted by Crippen LogP contribution is -2.45. The minimum atomic E-state index is -4.67. The Morgan fingerprint density at radius 1 is 1.07 bits per heavy atom. The van der Waals surface area contributed by atoms with E-state index in [1.165, 1.54) is 38.1 Å². The first-order valence-electron chi connectivity index (χ1n) is 8.39. The highest BCUT2D eigenvalue weighted by Crippen LogP contribution is 2.33. The third kappa shape index (κ3) is 5.57. The average Bonchev–Trinajstić information content (AvgIpc) is 2.60. The Balaban J connectivity index is 2.37. The Morgan fingerprint density at radius 2 is 1.69 bits per heavy atom. The summed E-state index contributed by atoms with van der Waals surface area (Å²) < 4.78 is 64.1. The number of carbonyl (C=O) groups excluding carboxylic acids is 2. The number of rotatable bonds is 6. The predicted octanol–water partition coefficient (Wildman–Crippen LogP) is 3.70. The van der Waals surface area contributed by atoms with Gasteiger partial charge in [0.25, 0.3) is 0 Å². The second-order valence-corrected chi connectivity index (χ2v) is 8.27. The Labute approximate surface area is 166 Å². The molecule has 1 N–H and O–H groups in total. The molecule has 0 bridgehead atoms. The quantitative estimate of drug-likeness (QED) is 0.711. The van der Waals surface area contributed by atoms with Crippen molar-refractivity contribution in [2.24, 2.45) is 0 Å². The van der Waals surface area contributed by atoms with Crippen LogP contribution in [0.4, 0.5) is 24.5 Å². The maximum atomic E-state index is 13.0. The van der Waals surface area contributed by atoms with Crippen molar-refractivity contribution in [1.29, 1.82) is 0 Å². The molecule has 0 saturated carbocycles. The van der Waals surface area contributed by atoms with Crippen LogP contribution in [0.1, 0.15) is 29.8 Å². The first-order valence-corrected chi connectivity index (χ1v) is 10.2. The molecular formula is C19H19F3N2O4S. The highest BCUT2D eigenvalue weighted by atomic mass is 32.2. The van der Waals surface area contributed by atoms with Crippen LogP contribution in [0.25, 0.3) is 0 Å². The molecule has 0 spiro atoms. The molecule has 0 aromatic heterocycles. The van der Waals surface area contributed by atoms with Gasteiger partial charge in [-0.2, -0.15) is 13.2 Å². The van der Waals surface area contributed by atoms with Crippen LogP contribution < -0.4 is 9.62 Å². The first kappa shape index (κ1) is 22.4. The second-order valence-electron chi connectivity index (χ2n) is 6.41. The number of hydrogen-bond acceptors (Lipinski definition) is 4. The van der Waals surface area contributed by atoms with E-state index in [0.29, 0.717) is 15.9 Å². The van der Waals surface area contributed by atoms with Gasteiger partial charge in [0.05, 0.1) is 17.5 Å². The number of carbonyl (C=O) groups is 2. The lowest BCUT2D eigenvalue weighted by molar-refractivity contribution is -0.137. The molecule has 1 atom stereocenters. The molecule has 0 radical (unpaired) electrons. The number of alkyl halides is 3. The van der Waals surface area contributed by atoms with E-state index in [4.69, 9.17) is 0 Å². The number of halogens is 3. The summed E-state index contributed by atoms with van der Waals surface area (Å²) in [5.74, 6) is -0.996. The molecular weight excluding hydrogens is 409 g/mol. The SMILES string of the molecule is CC(=O)c1cccc(NC(=O)[C@@H](C)N(c2cccc(C(F)(F)F)c2)S(C)(=O)=O)c1. The molecule has 0 aliphatic rings. The van der Waals surface area contributed by atoms with Crippen LogP contribution in [-0.2, 0) is 21.0 Å².